The number of carboxylic acids is 1. The minimum absolute atomic E-state index is 0.0245. The van der Waals surface area contributed by atoms with Gasteiger partial charge in [0.1, 0.15) is 10.7 Å². The lowest BCUT2D eigenvalue weighted by Crippen LogP contribution is -2.28. The van der Waals surface area contributed by atoms with E-state index in [-0.39, 0.29) is 28.8 Å². The van der Waals surface area contributed by atoms with Gasteiger partial charge in [-0.1, -0.05) is 36.5 Å². The number of hydrogen-bond acceptors (Lipinski definition) is 6. The highest BCUT2D eigenvalue weighted by Crippen LogP contribution is 2.33. The molecule has 0 atom stereocenters. The molecule has 2 N–H and O–H groups in total. The van der Waals surface area contributed by atoms with Crippen molar-refractivity contribution >= 4 is 57.8 Å². The monoisotopic (exact) mass is 456 g/mol. The van der Waals surface area contributed by atoms with Gasteiger partial charge in [-0.05, 0) is 54.1 Å². The SMILES string of the molecule is COc1ccc(/C=C2/SC(=O)N(CCCC(=O)Nc3ccccc3C(=O)O)C2=S)cc1. The van der Waals surface area contributed by atoms with Crippen LogP contribution in [0.1, 0.15) is 28.8 Å². The lowest BCUT2D eigenvalue weighted by atomic mass is 10.1. The van der Waals surface area contributed by atoms with Crippen LogP contribution in [0.3, 0.4) is 0 Å². The summed E-state index contributed by atoms with van der Waals surface area (Å²) in [7, 11) is 1.59. The number of carbonyl (C=O) groups is 3. The molecule has 0 spiro atoms. The molecule has 7 nitrogen and oxygen atoms in total. The molecule has 9 heteroatoms. The maximum Gasteiger partial charge on any atom is 0.337 e. The predicted octanol–water partition coefficient (Wildman–Crippen LogP) is 4.65. The van der Waals surface area contributed by atoms with Crippen LogP contribution in [0.5, 0.6) is 5.75 Å². The van der Waals surface area contributed by atoms with Crippen LogP contribution >= 0.6 is 24.0 Å². The number of nitrogens with zero attached hydrogens (tertiary/aromatic N) is 1. The van der Waals surface area contributed by atoms with Gasteiger partial charge < -0.3 is 15.2 Å². The van der Waals surface area contributed by atoms with E-state index in [9.17, 15) is 19.5 Å². The quantitative estimate of drug-likeness (QED) is 0.441. The molecule has 1 aliphatic rings. The summed E-state index contributed by atoms with van der Waals surface area (Å²) in [4.78, 5) is 38.4. The van der Waals surface area contributed by atoms with Gasteiger partial charge in [-0.3, -0.25) is 14.5 Å². The summed E-state index contributed by atoms with van der Waals surface area (Å²) < 4.78 is 5.14. The van der Waals surface area contributed by atoms with Crippen LogP contribution in [0.25, 0.3) is 6.08 Å². The Hall–Kier alpha value is -3.17. The zero-order chi connectivity index (χ0) is 22.4. The number of methoxy groups -OCH3 is 1. The van der Waals surface area contributed by atoms with Gasteiger partial charge in [0.05, 0.1) is 23.3 Å². The number of ether oxygens (including phenoxy) is 1. The summed E-state index contributed by atoms with van der Waals surface area (Å²) in [5.74, 6) is -0.698. The summed E-state index contributed by atoms with van der Waals surface area (Å²) in [5, 5.41) is 11.6. The van der Waals surface area contributed by atoms with Gasteiger partial charge in [0.2, 0.25) is 5.91 Å². The van der Waals surface area contributed by atoms with Gasteiger partial charge >= 0.3 is 5.97 Å². The van der Waals surface area contributed by atoms with Gasteiger partial charge in [-0.15, -0.1) is 0 Å². The summed E-state index contributed by atoms with van der Waals surface area (Å²) in [6.45, 7) is 0.304. The second-order valence-electron chi connectivity index (χ2n) is 6.61. The fourth-order valence-corrected chi connectivity index (χ4v) is 4.22. The third-order valence-corrected chi connectivity index (χ3v) is 6.00. The van der Waals surface area contributed by atoms with E-state index in [0.717, 1.165) is 23.1 Å². The van der Waals surface area contributed by atoms with Crippen LogP contribution in [0, 0.1) is 0 Å². The van der Waals surface area contributed by atoms with Crippen LogP contribution < -0.4 is 10.1 Å². The molecule has 0 radical (unpaired) electrons. The number of aromatic carboxylic acids is 1. The maximum absolute atomic E-state index is 12.3. The van der Waals surface area contributed by atoms with Crippen LogP contribution in [0.15, 0.2) is 53.4 Å². The van der Waals surface area contributed by atoms with E-state index < -0.39 is 5.97 Å². The minimum Gasteiger partial charge on any atom is -0.497 e. The van der Waals surface area contributed by atoms with E-state index in [1.807, 2.05) is 30.3 Å². The Morgan fingerprint density at radius 2 is 1.90 bits per heavy atom. The van der Waals surface area contributed by atoms with E-state index in [1.54, 1.807) is 19.2 Å². The van der Waals surface area contributed by atoms with Crippen molar-refractivity contribution < 1.29 is 24.2 Å². The van der Waals surface area contributed by atoms with Crippen molar-refractivity contribution in [1.29, 1.82) is 0 Å². The number of amides is 2. The second-order valence-corrected chi connectivity index (χ2v) is 7.99. The molecule has 1 heterocycles. The molecule has 1 fully saturated rings. The number of benzene rings is 2. The highest BCUT2D eigenvalue weighted by Gasteiger charge is 2.31. The Morgan fingerprint density at radius 1 is 1.19 bits per heavy atom. The van der Waals surface area contributed by atoms with Crippen molar-refractivity contribution in [2.45, 2.75) is 12.8 Å². The zero-order valence-electron chi connectivity index (χ0n) is 16.7. The molecule has 0 unspecified atom stereocenters. The molecule has 31 heavy (non-hydrogen) atoms. The largest absolute Gasteiger partial charge is 0.497 e. The number of anilines is 1. The minimum atomic E-state index is -1.11. The Kier molecular flexibility index (Phi) is 7.43. The summed E-state index contributed by atoms with van der Waals surface area (Å²) >= 11 is 6.50. The Labute approximate surface area is 189 Å². The van der Waals surface area contributed by atoms with Crippen LogP contribution in [-0.4, -0.2) is 45.8 Å². The molecule has 160 valence electrons. The van der Waals surface area contributed by atoms with E-state index in [2.05, 4.69) is 5.32 Å². The van der Waals surface area contributed by atoms with Gasteiger partial charge in [0, 0.05) is 13.0 Å². The molecule has 3 rings (SSSR count). The first-order chi connectivity index (χ1) is 14.9. The van der Waals surface area contributed by atoms with Crippen LogP contribution in [-0.2, 0) is 4.79 Å². The molecule has 0 aliphatic carbocycles. The molecule has 0 saturated carbocycles. The first kappa shape index (κ1) is 22.5. The first-order valence-electron chi connectivity index (χ1n) is 9.40. The van der Waals surface area contributed by atoms with Gasteiger partial charge in [-0.2, -0.15) is 0 Å². The van der Waals surface area contributed by atoms with Gasteiger partial charge in [0.15, 0.2) is 0 Å². The third kappa shape index (κ3) is 5.71. The number of nitrogens with one attached hydrogen (secondary N) is 1. The van der Waals surface area contributed by atoms with Crippen molar-refractivity contribution in [1.82, 2.24) is 4.90 Å². The lowest BCUT2D eigenvalue weighted by molar-refractivity contribution is -0.116. The smallest absolute Gasteiger partial charge is 0.337 e. The van der Waals surface area contributed by atoms with Crippen molar-refractivity contribution in [2.24, 2.45) is 0 Å². The van der Waals surface area contributed by atoms with E-state index >= 15 is 0 Å². The molecule has 2 aromatic rings. The number of hydrogen-bond donors (Lipinski definition) is 2. The maximum atomic E-state index is 12.3. The Balaban J connectivity index is 1.55. The normalized spacial score (nSPS) is 14.7. The van der Waals surface area contributed by atoms with Gasteiger partial charge in [-0.25, -0.2) is 4.79 Å². The van der Waals surface area contributed by atoms with E-state index in [1.165, 1.54) is 17.0 Å². The fraction of sp³-hybridized carbons (Fsp3) is 0.182. The third-order valence-electron chi connectivity index (χ3n) is 4.50. The van der Waals surface area contributed by atoms with Crippen molar-refractivity contribution in [3.05, 3.63) is 64.6 Å². The van der Waals surface area contributed by atoms with E-state index in [4.69, 9.17) is 17.0 Å². The molecule has 1 aliphatic heterocycles. The molecular formula is C22H20N2O5S2. The molecule has 0 aromatic heterocycles. The Morgan fingerprint density at radius 3 is 2.58 bits per heavy atom. The molecule has 1 saturated heterocycles. The number of para-hydroxylation sites is 1. The van der Waals surface area contributed by atoms with Gasteiger partial charge in [0.25, 0.3) is 5.24 Å². The number of thiocarbonyl (C=S) groups is 1. The molecular weight excluding hydrogens is 436 g/mol. The average molecular weight is 457 g/mol. The predicted molar refractivity (Wildman–Crippen MR) is 125 cm³/mol. The van der Waals surface area contributed by atoms with Crippen molar-refractivity contribution in [2.75, 3.05) is 19.0 Å². The summed E-state index contributed by atoms with van der Waals surface area (Å²) in [5.41, 5.74) is 1.17. The Bertz CT molecular complexity index is 1050. The van der Waals surface area contributed by atoms with Crippen molar-refractivity contribution in [3.63, 3.8) is 0 Å². The summed E-state index contributed by atoms with van der Waals surface area (Å²) in [6.07, 6.45) is 2.37. The molecule has 2 amide bonds. The first-order valence-corrected chi connectivity index (χ1v) is 10.6. The van der Waals surface area contributed by atoms with E-state index in [0.29, 0.717) is 22.9 Å². The topological polar surface area (TPSA) is 95.9 Å². The zero-order valence-corrected chi connectivity index (χ0v) is 18.3. The number of thioether (sulfide) groups is 1. The number of rotatable bonds is 8. The standard InChI is InChI=1S/C22H20N2O5S2/c1-29-15-10-8-14(9-11-15)13-18-20(30)24(22(28)31-18)12-4-7-19(25)23-17-6-3-2-5-16(17)21(26)27/h2-3,5-6,8-11,13H,4,7,12H2,1H3,(H,23,25)(H,26,27)/b18-13+. The van der Waals surface area contributed by atoms with Crippen LogP contribution in [0.4, 0.5) is 10.5 Å². The molecule has 0 bridgehead atoms. The molecule has 2 aromatic carbocycles. The lowest BCUT2D eigenvalue weighted by Gasteiger charge is -2.14. The number of carboxylic acid groups (broad SMARTS) is 1. The summed E-state index contributed by atoms with van der Waals surface area (Å²) in [6, 6.07) is 13.6. The van der Waals surface area contributed by atoms with Crippen molar-refractivity contribution in [3.8, 4) is 5.75 Å². The second kappa shape index (κ2) is 10.2. The average Bonchev–Trinajstić information content (AvgIpc) is 3.02. The van der Waals surface area contributed by atoms with Crippen LogP contribution in [0.2, 0.25) is 0 Å². The highest BCUT2D eigenvalue weighted by molar-refractivity contribution is 8.19. The number of carbonyl (C=O) groups excluding carboxylic acids is 2. The fourth-order valence-electron chi connectivity index (χ4n) is 2.93. The highest BCUT2D eigenvalue weighted by atomic mass is 32.2.